The number of rotatable bonds is 7. The molecule has 0 saturated carbocycles. The third-order valence-electron chi connectivity index (χ3n) is 5.24. The average molecular weight is 428 g/mol. The van der Waals surface area contributed by atoms with Gasteiger partial charge in [0.2, 0.25) is 5.91 Å². The summed E-state index contributed by atoms with van der Waals surface area (Å²) in [5, 5.41) is 4.82. The van der Waals surface area contributed by atoms with Crippen LogP contribution in [0.4, 0.5) is 0 Å². The summed E-state index contributed by atoms with van der Waals surface area (Å²) in [6, 6.07) is 13.1. The van der Waals surface area contributed by atoms with Crippen LogP contribution in [-0.2, 0) is 11.2 Å². The smallest absolute Gasteiger partial charge is 0.258 e. The minimum atomic E-state index is -0.0830. The fraction of sp³-hybridized carbons (Fsp3) is 0.318. The lowest BCUT2D eigenvalue weighted by Crippen LogP contribution is -2.27. The van der Waals surface area contributed by atoms with Crippen LogP contribution in [0.1, 0.15) is 23.7 Å². The average Bonchev–Trinajstić information content (AvgIpc) is 3.40. The third-order valence-corrected chi connectivity index (χ3v) is 5.49. The Bertz CT molecular complexity index is 1040. The van der Waals surface area contributed by atoms with Crippen LogP contribution in [0.3, 0.4) is 0 Å². The lowest BCUT2D eigenvalue weighted by Gasteiger charge is -2.15. The minimum Gasteiger partial charge on any atom is -0.493 e. The number of methoxy groups -OCH3 is 2. The number of nitrogens with zero attached hydrogens (tertiary/aromatic N) is 3. The van der Waals surface area contributed by atoms with Gasteiger partial charge in [0, 0.05) is 36.0 Å². The van der Waals surface area contributed by atoms with Crippen LogP contribution in [0, 0.1) is 0 Å². The van der Waals surface area contributed by atoms with Gasteiger partial charge in [-0.05, 0) is 42.3 Å². The molecule has 0 aliphatic carbocycles. The van der Waals surface area contributed by atoms with Crippen molar-refractivity contribution in [2.75, 3.05) is 27.3 Å². The molecule has 2 aromatic carbocycles. The Morgan fingerprint density at radius 1 is 1.13 bits per heavy atom. The Kier molecular flexibility index (Phi) is 5.90. The quantitative estimate of drug-likeness (QED) is 0.567. The summed E-state index contributed by atoms with van der Waals surface area (Å²) in [5.41, 5.74) is 1.88. The second-order valence-corrected chi connectivity index (χ2v) is 7.58. The summed E-state index contributed by atoms with van der Waals surface area (Å²) >= 11 is 5.93. The maximum absolute atomic E-state index is 12.5. The zero-order valence-electron chi connectivity index (χ0n) is 16.8. The zero-order valence-corrected chi connectivity index (χ0v) is 17.6. The van der Waals surface area contributed by atoms with Gasteiger partial charge in [-0.2, -0.15) is 4.98 Å². The second-order valence-electron chi connectivity index (χ2n) is 7.14. The first-order valence-electron chi connectivity index (χ1n) is 9.65. The Morgan fingerprint density at radius 2 is 1.90 bits per heavy atom. The van der Waals surface area contributed by atoms with E-state index in [0.717, 1.165) is 17.5 Å². The second kappa shape index (κ2) is 8.75. The number of aromatic nitrogens is 2. The van der Waals surface area contributed by atoms with Crippen LogP contribution in [0.5, 0.6) is 11.5 Å². The van der Waals surface area contributed by atoms with Gasteiger partial charge in [-0.3, -0.25) is 4.79 Å². The van der Waals surface area contributed by atoms with Crippen molar-refractivity contribution in [3.63, 3.8) is 0 Å². The number of carbonyl (C=O) groups is 1. The van der Waals surface area contributed by atoms with Crippen molar-refractivity contribution in [1.29, 1.82) is 0 Å². The van der Waals surface area contributed by atoms with Crippen LogP contribution in [0.25, 0.3) is 11.5 Å². The number of likely N-dealkylation sites (tertiary alicyclic amines) is 1. The molecular formula is C22H22ClN3O4. The molecule has 7 nitrogen and oxygen atoms in total. The maximum atomic E-state index is 12.5. The number of ether oxygens (including phenoxy) is 2. The first kappa shape index (κ1) is 20.2. The van der Waals surface area contributed by atoms with Crippen LogP contribution in [0.15, 0.2) is 47.0 Å². The largest absolute Gasteiger partial charge is 0.493 e. The third kappa shape index (κ3) is 4.26. The van der Waals surface area contributed by atoms with E-state index in [-0.39, 0.29) is 11.8 Å². The summed E-state index contributed by atoms with van der Waals surface area (Å²) in [6.45, 7) is 1.23. The van der Waals surface area contributed by atoms with Crippen molar-refractivity contribution in [2.24, 2.45) is 0 Å². The molecule has 1 aliphatic heterocycles. The van der Waals surface area contributed by atoms with Crippen LogP contribution < -0.4 is 9.47 Å². The molecule has 1 fully saturated rings. The van der Waals surface area contributed by atoms with Crippen molar-refractivity contribution < 1.29 is 18.8 Å². The monoisotopic (exact) mass is 427 g/mol. The van der Waals surface area contributed by atoms with E-state index in [9.17, 15) is 4.79 Å². The van der Waals surface area contributed by atoms with Gasteiger partial charge in [0.1, 0.15) is 0 Å². The lowest BCUT2D eigenvalue weighted by atomic mass is 10.1. The van der Waals surface area contributed by atoms with E-state index in [1.165, 1.54) is 0 Å². The van der Waals surface area contributed by atoms with E-state index < -0.39 is 0 Å². The molecule has 8 heteroatoms. The number of amides is 1. The molecule has 0 spiro atoms. The highest BCUT2D eigenvalue weighted by Gasteiger charge is 2.33. The van der Waals surface area contributed by atoms with E-state index in [0.29, 0.717) is 47.7 Å². The standard InChI is InChI=1S/C22H22ClN3O4/c1-28-18-8-5-15(11-19(18)29-2)22-24-21(25-30-22)16-12-20(27)26(13-16)10-9-14-3-6-17(23)7-4-14/h3-8,11,16H,9-10,12-13H2,1-2H3. The predicted molar refractivity (Wildman–Crippen MR) is 112 cm³/mol. The normalized spacial score (nSPS) is 16.2. The predicted octanol–water partition coefficient (Wildman–Crippen LogP) is 3.97. The van der Waals surface area contributed by atoms with Gasteiger partial charge in [0.15, 0.2) is 17.3 Å². The highest BCUT2D eigenvalue weighted by molar-refractivity contribution is 6.30. The summed E-state index contributed by atoms with van der Waals surface area (Å²) in [7, 11) is 3.15. The van der Waals surface area contributed by atoms with Crippen LogP contribution >= 0.6 is 11.6 Å². The fourth-order valence-corrected chi connectivity index (χ4v) is 3.69. The first-order valence-corrected chi connectivity index (χ1v) is 10.0. The Morgan fingerprint density at radius 3 is 2.63 bits per heavy atom. The van der Waals surface area contributed by atoms with E-state index in [4.69, 9.17) is 25.6 Å². The van der Waals surface area contributed by atoms with Gasteiger partial charge in [0.25, 0.3) is 5.89 Å². The molecule has 1 aliphatic rings. The van der Waals surface area contributed by atoms with Crippen molar-refractivity contribution in [2.45, 2.75) is 18.8 Å². The summed E-state index contributed by atoms with van der Waals surface area (Å²) in [6.07, 6.45) is 1.16. The van der Waals surface area contributed by atoms with Gasteiger partial charge >= 0.3 is 0 Å². The number of hydrogen-bond acceptors (Lipinski definition) is 6. The molecule has 156 valence electrons. The van der Waals surface area contributed by atoms with Crippen LogP contribution in [0.2, 0.25) is 5.02 Å². The van der Waals surface area contributed by atoms with Gasteiger partial charge < -0.3 is 18.9 Å². The molecule has 3 aromatic rings. The Labute approximate surface area is 179 Å². The topological polar surface area (TPSA) is 77.7 Å². The molecular weight excluding hydrogens is 406 g/mol. The Hall–Kier alpha value is -3.06. The molecule has 0 N–H and O–H groups in total. The highest BCUT2D eigenvalue weighted by Crippen LogP contribution is 2.33. The molecule has 1 aromatic heterocycles. The van der Waals surface area contributed by atoms with E-state index in [1.807, 2.05) is 35.2 Å². The first-order chi connectivity index (χ1) is 14.6. The molecule has 30 heavy (non-hydrogen) atoms. The number of halogens is 1. The fourth-order valence-electron chi connectivity index (χ4n) is 3.56. The maximum Gasteiger partial charge on any atom is 0.258 e. The molecule has 1 amide bonds. The summed E-state index contributed by atoms with van der Waals surface area (Å²) in [4.78, 5) is 18.8. The lowest BCUT2D eigenvalue weighted by molar-refractivity contribution is -0.127. The molecule has 1 atom stereocenters. The van der Waals surface area contributed by atoms with Crippen molar-refractivity contribution in [1.82, 2.24) is 15.0 Å². The number of hydrogen-bond donors (Lipinski definition) is 0. The highest BCUT2D eigenvalue weighted by atomic mass is 35.5. The van der Waals surface area contributed by atoms with Crippen molar-refractivity contribution >= 4 is 17.5 Å². The zero-order chi connectivity index (χ0) is 21.1. The van der Waals surface area contributed by atoms with E-state index in [2.05, 4.69) is 10.1 Å². The molecule has 4 rings (SSSR count). The minimum absolute atomic E-state index is 0.0830. The number of carbonyl (C=O) groups excluding carboxylic acids is 1. The summed E-state index contributed by atoms with van der Waals surface area (Å²) in [5.74, 6) is 2.16. The van der Waals surface area contributed by atoms with Gasteiger partial charge in [0.05, 0.1) is 14.2 Å². The number of benzene rings is 2. The molecule has 1 saturated heterocycles. The SMILES string of the molecule is COc1ccc(-c2nc(C3CC(=O)N(CCc4ccc(Cl)cc4)C3)no2)cc1OC. The van der Waals surface area contributed by atoms with Crippen molar-refractivity contribution in [3.05, 3.63) is 58.9 Å². The Balaban J connectivity index is 1.42. The van der Waals surface area contributed by atoms with Crippen molar-refractivity contribution in [3.8, 4) is 23.0 Å². The molecule has 2 heterocycles. The van der Waals surface area contributed by atoms with E-state index >= 15 is 0 Å². The molecule has 1 unspecified atom stereocenters. The molecule has 0 bridgehead atoms. The van der Waals surface area contributed by atoms with Crippen LogP contribution in [-0.4, -0.2) is 48.3 Å². The van der Waals surface area contributed by atoms with Gasteiger partial charge in [-0.1, -0.05) is 28.9 Å². The van der Waals surface area contributed by atoms with Gasteiger partial charge in [-0.25, -0.2) is 0 Å². The van der Waals surface area contributed by atoms with Gasteiger partial charge in [-0.15, -0.1) is 0 Å². The molecule has 0 radical (unpaired) electrons. The van der Waals surface area contributed by atoms with E-state index in [1.54, 1.807) is 26.4 Å². The summed E-state index contributed by atoms with van der Waals surface area (Å²) < 4.78 is 16.0.